The van der Waals surface area contributed by atoms with Gasteiger partial charge in [0.2, 0.25) is 0 Å². The van der Waals surface area contributed by atoms with E-state index in [9.17, 15) is 5.11 Å². The Bertz CT molecular complexity index is 3080. The fourth-order valence-electron chi connectivity index (χ4n) is 8.68. The lowest BCUT2D eigenvalue weighted by atomic mass is 9.78. The summed E-state index contributed by atoms with van der Waals surface area (Å²) in [7, 11) is -0.599. The van der Waals surface area contributed by atoms with Gasteiger partial charge in [0.05, 0.1) is 28.1 Å². The Morgan fingerprint density at radius 3 is 1.72 bits per heavy atom. The maximum Gasteiger partial charge on any atom is 0.632 e. The molecule has 6 nitrogen and oxygen atoms in total. The number of para-hydroxylation sites is 2. The van der Waals surface area contributed by atoms with E-state index in [1.54, 1.807) is 0 Å². The molecular weight excluding hydrogens is 797 g/mol. The molecule has 328 valence electrons. The Balaban J connectivity index is 1.28. The fourth-order valence-corrected chi connectivity index (χ4v) is 8.68. The van der Waals surface area contributed by atoms with Gasteiger partial charge >= 0.3 is 7.12 Å². The number of hydrogen-bond donors (Lipinski definition) is 1. The molecule has 2 aromatic heterocycles. The first-order chi connectivity index (χ1) is 30.6. The zero-order chi connectivity index (χ0) is 46.2. The van der Waals surface area contributed by atoms with Crippen LogP contribution in [0.3, 0.4) is 0 Å². The van der Waals surface area contributed by atoms with Gasteiger partial charge in [0.1, 0.15) is 23.1 Å². The molecule has 1 aliphatic rings. The van der Waals surface area contributed by atoms with Crippen LogP contribution in [-0.4, -0.2) is 26.8 Å². The maximum atomic E-state index is 11.9. The Morgan fingerprint density at radius 2 is 1.08 bits per heavy atom. The summed E-state index contributed by atoms with van der Waals surface area (Å²) in [6, 6.07) is 48.7. The molecule has 0 saturated heterocycles. The third-order valence-corrected chi connectivity index (χ3v) is 12.6. The second-order valence-electron chi connectivity index (χ2n) is 21.8. The molecule has 0 unspecified atom stereocenters. The Labute approximate surface area is 385 Å². The van der Waals surface area contributed by atoms with Crippen molar-refractivity contribution in [2.45, 2.75) is 105 Å². The van der Waals surface area contributed by atoms with E-state index in [0.717, 1.165) is 95.4 Å². The lowest BCUT2D eigenvalue weighted by Gasteiger charge is -2.27. The zero-order valence-electron chi connectivity index (χ0n) is 40.0. The first-order valence-corrected chi connectivity index (χ1v) is 22.8. The van der Waals surface area contributed by atoms with Gasteiger partial charge in [0.15, 0.2) is 0 Å². The van der Waals surface area contributed by atoms with Crippen LogP contribution in [0.4, 0.5) is 0 Å². The summed E-state index contributed by atoms with van der Waals surface area (Å²) in [5.41, 5.74) is 13.9. The quantitative estimate of drug-likeness (QED) is 0.169. The minimum Gasteiger partial charge on any atom is -0.519 e. The number of benzene rings is 6. The van der Waals surface area contributed by atoms with Crippen molar-refractivity contribution in [2.75, 3.05) is 0 Å². The molecule has 0 radical (unpaired) electrons. The average Bonchev–Trinajstić information content (AvgIpc) is 3.87. The van der Waals surface area contributed by atoms with Gasteiger partial charge in [-0.15, -0.1) is 0 Å². The fraction of sp³-hybridized carbons (Fsp3) is 0.276. The third-order valence-electron chi connectivity index (χ3n) is 12.6. The Morgan fingerprint density at radius 1 is 0.477 bits per heavy atom. The van der Waals surface area contributed by atoms with E-state index in [-0.39, 0.29) is 27.4 Å². The highest BCUT2D eigenvalue weighted by molar-refractivity contribution is 6.64. The van der Waals surface area contributed by atoms with Gasteiger partial charge in [-0.3, -0.25) is 4.57 Å². The van der Waals surface area contributed by atoms with E-state index in [1.165, 1.54) is 5.56 Å². The SMILES string of the molecule is CC(C)(C)c1cc(-c2cccc(-c3cc(C(C)(C)C)cc(C(C)(C)C)c3O)n2)cc(-c2nc3ccc(B4Oc5ccccc5O4)cc3n2-c2ccc(C(C)(C)C)cc2-c2ccccc2)c1. The van der Waals surface area contributed by atoms with Crippen molar-refractivity contribution in [2.24, 2.45) is 0 Å². The molecule has 0 saturated carbocycles. The van der Waals surface area contributed by atoms with Crippen molar-refractivity contribution in [1.82, 2.24) is 14.5 Å². The number of phenols is 1. The van der Waals surface area contributed by atoms with Crippen LogP contribution in [0.5, 0.6) is 17.2 Å². The Kier molecular flexibility index (Phi) is 10.6. The van der Waals surface area contributed by atoms with Crippen molar-refractivity contribution < 1.29 is 14.4 Å². The van der Waals surface area contributed by atoms with Gasteiger partial charge in [-0.05, 0) is 117 Å². The molecule has 1 N–H and O–H groups in total. The van der Waals surface area contributed by atoms with E-state index in [4.69, 9.17) is 19.3 Å². The number of phenolic OH excluding ortho intramolecular Hbond substituents is 1. The third kappa shape index (κ3) is 8.45. The molecule has 0 aliphatic carbocycles. The smallest absolute Gasteiger partial charge is 0.519 e. The predicted molar refractivity (Wildman–Crippen MR) is 270 cm³/mol. The molecule has 9 rings (SSSR count). The maximum absolute atomic E-state index is 11.9. The molecule has 0 fully saturated rings. The molecule has 65 heavy (non-hydrogen) atoms. The highest BCUT2D eigenvalue weighted by atomic mass is 16.6. The molecule has 8 aromatic rings. The van der Waals surface area contributed by atoms with Crippen molar-refractivity contribution in [3.05, 3.63) is 162 Å². The summed E-state index contributed by atoms with van der Waals surface area (Å²) in [5, 5.41) is 11.9. The van der Waals surface area contributed by atoms with E-state index in [1.807, 2.05) is 36.4 Å². The van der Waals surface area contributed by atoms with Crippen LogP contribution in [0.1, 0.15) is 105 Å². The number of nitrogens with zero attached hydrogens (tertiary/aromatic N) is 3. The van der Waals surface area contributed by atoms with Crippen LogP contribution in [0.25, 0.3) is 61.8 Å². The second kappa shape index (κ2) is 15.8. The van der Waals surface area contributed by atoms with Crippen LogP contribution in [0.15, 0.2) is 140 Å². The van der Waals surface area contributed by atoms with Gasteiger partial charge in [0.25, 0.3) is 0 Å². The lowest BCUT2D eigenvalue weighted by Crippen LogP contribution is -2.39. The van der Waals surface area contributed by atoms with Crippen LogP contribution < -0.4 is 14.8 Å². The molecule has 6 aromatic carbocycles. The van der Waals surface area contributed by atoms with Crippen LogP contribution in [0, 0.1) is 0 Å². The van der Waals surface area contributed by atoms with Crippen LogP contribution in [0.2, 0.25) is 0 Å². The summed E-state index contributed by atoms with van der Waals surface area (Å²) in [6.07, 6.45) is 0. The summed E-state index contributed by atoms with van der Waals surface area (Å²) in [5.74, 6) is 2.54. The average molecular weight is 858 g/mol. The van der Waals surface area contributed by atoms with Gasteiger partial charge < -0.3 is 14.4 Å². The number of imidazole rings is 1. The minimum absolute atomic E-state index is 0.0716. The lowest BCUT2D eigenvalue weighted by molar-refractivity contribution is 0.446. The number of pyridine rings is 1. The van der Waals surface area contributed by atoms with Gasteiger partial charge in [-0.25, -0.2) is 9.97 Å². The number of aromatic nitrogens is 3. The zero-order valence-corrected chi connectivity index (χ0v) is 40.0. The van der Waals surface area contributed by atoms with E-state index >= 15 is 0 Å². The van der Waals surface area contributed by atoms with Crippen molar-refractivity contribution >= 4 is 23.6 Å². The largest absolute Gasteiger partial charge is 0.632 e. The van der Waals surface area contributed by atoms with Gasteiger partial charge in [-0.2, -0.15) is 0 Å². The van der Waals surface area contributed by atoms with E-state index in [2.05, 4.69) is 191 Å². The standard InChI is InChI=1S/C58H60BN3O3/c1-55(2,3)39-25-28-49(43(32-39)36-19-14-13-15-20-36)62-50-35-42(59-64-51-23-16-17-24-52(51)65-59)26-27-48(50)61-54(62)38-29-37(30-40(31-38)56(4,5)6)46-21-18-22-47(60-46)44-33-41(57(7,8)9)34-45(53(44)63)58(10,11)12/h13-35,63H,1-12H3. The van der Waals surface area contributed by atoms with Crippen molar-refractivity contribution in [1.29, 1.82) is 0 Å². The number of aromatic hydroxyl groups is 1. The highest BCUT2D eigenvalue weighted by Crippen LogP contribution is 2.44. The highest BCUT2D eigenvalue weighted by Gasteiger charge is 2.35. The molecule has 0 bridgehead atoms. The predicted octanol–water partition coefficient (Wildman–Crippen LogP) is 14.2. The molecule has 0 atom stereocenters. The summed E-state index contributed by atoms with van der Waals surface area (Å²) in [4.78, 5) is 10.8. The monoisotopic (exact) mass is 857 g/mol. The van der Waals surface area contributed by atoms with Crippen molar-refractivity contribution in [3.8, 4) is 68.0 Å². The minimum atomic E-state index is -0.599. The second-order valence-corrected chi connectivity index (χ2v) is 21.8. The number of hydrogen-bond acceptors (Lipinski definition) is 5. The summed E-state index contributed by atoms with van der Waals surface area (Å²) >= 11 is 0. The molecule has 7 heteroatoms. The normalized spacial score (nSPS) is 13.2. The van der Waals surface area contributed by atoms with Crippen LogP contribution in [-0.2, 0) is 21.7 Å². The number of rotatable bonds is 6. The van der Waals surface area contributed by atoms with Crippen molar-refractivity contribution in [3.63, 3.8) is 0 Å². The van der Waals surface area contributed by atoms with E-state index in [0.29, 0.717) is 0 Å². The molecule has 3 heterocycles. The summed E-state index contributed by atoms with van der Waals surface area (Å²) < 4.78 is 15.0. The molecular formula is C58H60BN3O3. The van der Waals surface area contributed by atoms with Gasteiger partial charge in [0, 0.05) is 33.3 Å². The first kappa shape index (κ1) is 43.6. The topological polar surface area (TPSA) is 69.4 Å². The molecule has 1 aliphatic heterocycles. The first-order valence-electron chi connectivity index (χ1n) is 22.8. The van der Waals surface area contributed by atoms with Crippen LogP contribution >= 0.6 is 0 Å². The molecule has 0 spiro atoms. The van der Waals surface area contributed by atoms with E-state index < -0.39 is 7.12 Å². The number of fused-ring (bicyclic) bond motifs is 2. The summed E-state index contributed by atoms with van der Waals surface area (Å²) in [6.45, 7) is 26.6. The Hall–Kier alpha value is -6.60. The molecule has 0 amide bonds. The van der Waals surface area contributed by atoms with Gasteiger partial charge in [-0.1, -0.05) is 150 Å².